The maximum atomic E-state index is 11.9. The predicted molar refractivity (Wildman–Crippen MR) is 88.9 cm³/mol. The topological polar surface area (TPSA) is 49.3 Å². The molecule has 4 heteroatoms. The third kappa shape index (κ3) is 4.42. The van der Waals surface area contributed by atoms with Gasteiger partial charge in [0.15, 0.2) is 0 Å². The molecule has 0 spiro atoms. The minimum atomic E-state index is -0.109. The van der Waals surface area contributed by atoms with E-state index in [1.54, 1.807) is 12.2 Å². The Kier molecular flexibility index (Phi) is 5.59. The van der Waals surface area contributed by atoms with Crippen LogP contribution in [0.1, 0.15) is 36.8 Å². The second-order valence-electron chi connectivity index (χ2n) is 5.94. The summed E-state index contributed by atoms with van der Waals surface area (Å²) in [4.78, 5) is 11.9. The molecule has 2 rings (SSSR count). The first kappa shape index (κ1) is 16.2. The molecule has 0 bridgehead atoms. The minimum Gasteiger partial charge on any atom is -0.396 e. The summed E-state index contributed by atoms with van der Waals surface area (Å²) in [5.74, 6) is -0.109. The van der Waals surface area contributed by atoms with Crippen LogP contribution in [0.5, 0.6) is 0 Å². The number of nitrogens with one attached hydrogen (secondary N) is 1. The molecular formula is C17H22BrNO2. The Hall–Kier alpha value is -1.13. The fourth-order valence-electron chi connectivity index (χ4n) is 2.78. The van der Waals surface area contributed by atoms with Gasteiger partial charge in [0.05, 0.1) is 6.61 Å². The molecule has 0 radical (unpaired) electrons. The van der Waals surface area contributed by atoms with Crippen molar-refractivity contribution in [2.45, 2.75) is 32.6 Å². The number of hydrogen-bond acceptors (Lipinski definition) is 2. The van der Waals surface area contributed by atoms with Crippen molar-refractivity contribution in [3.63, 3.8) is 0 Å². The first-order valence-corrected chi connectivity index (χ1v) is 8.17. The van der Waals surface area contributed by atoms with E-state index in [2.05, 4.69) is 21.2 Å². The highest BCUT2D eigenvalue weighted by atomic mass is 79.9. The highest BCUT2D eigenvalue weighted by Gasteiger charge is 2.33. The number of halogens is 1. The number of carbonyl (C=O) groups is 1. The first-order valence-electron chi connectivity index (χ1n) is 7.38. The van der Waals surface area contributed by atoms with Gasteiger partial charge in [-0.15, -0.1) is 0 Å². The number of aryl methyl sites for hydroxylation is 1. The summed E-state index contributed by atoms with van der Waals surface area (Å²) in [6, 6.07) is 6.02. The van der Waals surface area contributed by atoms with Gasteiger partial charge < -0.3 is 10.4 Å². The van der Waals surface area contributed by atoms with Gasteiger partial charge >= 0.3 is 0 Å². The van der Waals surface area contributed by atoms with E-state index in [9.17, 15) is 9.90 Å². The average Bonchev–Trinajstić information content (AvgIpc) is 2.94. The van der Waals surface area contributed by atoms with Crippen LogP contribution >= 0.6 is 15.9 Å². The van der Waals surface area contributed by atoms with E-state index in [-0.39, 0.29) is 17.9 Å². The fraction of sp³-hybridized carbons (Fsp3) is 0.471. The van der Waals surface area contributed by atoms with Gasteiger partial charge in [-0.3, -0.25) is 4.79 Å². The smallest absolute Gasteiger partial charge is 0.244 e. The van der Waals surface area contributed by atoms with Crippen LogP contribution in [-0.2, 0) is 4.79 Å². The molecule has 0 aromatic heterocycles. The summed E-state index contributed by atoms with van der Waals surface area (Å²) in [5, 5.41) is 12.4. The standard InChI is InChI=1S/C17H22BrNO2/c1-13-4-5-14(15(18)10-13)6-7-16(21)19-11-17(12-20)8-2-3-9-17/h4-7,10,20H,2-3,8-9,11-12H2,1H3,(H,19,21)/b7-6+. The molecule has 1 amide bonds. The molecule has 1 aromatic rings. The van der Waals surface area contributed by atoms with Crippen LogP contribution < -0.4 is 5.32 Å². The molecule has 114 valence electrons. The molecule has 1 aliphatic rings. The van der Waals surface area contributed by atoms with E-state index < -0.39 is 0 Å². The van der Waals surface area contributed by atoms with Crippen molar-refractivity contribution < 1.29 is 9.90 Å². The summed E-state index contributed by atoms with van der Waals surface area (Å²) >= 11 is 3.49. The Bertz CT molecular complexity index is 534. The lowest BCUT2D eigenvalue weighted by molar-refractivity contribution is -0.117. The van der Waals surface area contributed by atoms with Gasteiger partial charge in [0.2, 0.25) is 5.91 Å². The van der Waals surface area contributed by atoms with Crippen molar-refractivity contribution in [2.24, 2.45) is 5.41 Å². The molecule has 0 unspecified atom stereocenters. The van der Waals surface area contributed by atoms with Gasteiger partial charge in [-0.05, 0) is 43.0 Å². The summed E-state index contributed by atoms with van der Waals surface area (Å²) in [6.45, 7) is 2.74. The Morgan fingerprint density at radius 3 is 2.76 bits per heavy atom. The highest BCUT2D eigenvalue weighted by Crippen LogP contribution is 2.36. The van der Waals surface area contributed by atoms with Crippen LogP contribution in [0.2, 0.25) is 0 Å². The molecule has 0 saturated heterocycles. The van der Waals surface area contributed by atoms with Gasteiger partial charge in [0.1, 0.15) is 0 Å². The lowest BCUT2D eigenvalue weighted by atomic mass is 9.87. The molecule has 1 aromatic carbocycles. The number of aliphatic hydroxyl groups is 1. The average molecular weight is 352 g/mol. The molecule has 21 heavy (non-hydrogen) atoms. The maximum Gasteiger partial charge on any atom is 0.244 e. The Labute approximate surface area is 134 Å². The SMILES string of the molecule is Cc1ccc(/C=C/C(=O)NCC2(CO)CCCC2)c(Br)c1. The summed E-state index contributed by atoms with van der Waals surface area (Å²) < 4.78 is 0.981. The molecule has 0 heterocycles. The lowest BCUT2D eigenvalue weighted by Gasteiger charge is -2.26. The largest absolute Gasteiger partial charge is 0.396 e. The Morgan fingerprint density at radius 2 is 2.14 bits per heavy atom. The quantitative estimate of drug-likeness (QED) is 0.798. The molecular weight excluding hydrogens is 330 g/mol. The normalized spacial score (nSPS) is 17.3. The maximum absolute atomic E-state index is 11.9. The summed E-state index contributed by atoms with van der Waals surface area (Å²) in [7, 11) is 0. The van der Waals surface area contributed by atoms with Gasteiger partial charge in [-0.2, -0.15) is 0 Å². The predicted octanol–water partition coefficient (Wildman–Crippen LogP) is 3.44. The van der Waals surface area contributed by atoms with Crippen LogP contribution in [-0.4, -0.2) is 24.2 Å². The van der Waals surface area contributed by atoms with Crippen LogP contribution in [0.25, 0.3) is 6.08 Å². The number of carbonyl (C=O) groups excluding carboxylic acids is 1. The van der Waals surface area contributed by atoms with E-state index in [4.69, 9.17) is 0 Å². The van der Waals surface area contributed by atoms with Crippen molar-refractivity contribution in [1.29, 1.82) is 0 Å². The lowest BCUT2D eigenvalue weighted by Crippen LogP contribution is -2.37. The van der Waals surface area contributed by atoms with E-state index in [0.29, 0.717) is 6.54 Å². The summed E-state index contributed by atoms with van der Waals surface area (Å²) in [5.41, 5.74) is 2.05. The zero-order valence-corrected chi connectivity index (χ0v) is 13.9. The number of amides is 1. The van der Waals surface area contributed by atoms with Crippen molar-refractivity contribution in [1.82, 2.24) is 5.32 Å². The highest BCUT2D eigenvalue weighted by molar-refractivity contribution is 9.10. The van der Waals surface area contributed by atoms with Gasteiger partial charge in [0.25, 0.3) is 0 Å². The van der Waals surface area contributed by atoms with E-state index in [1.807, 2.05) is 25.1 Å². The zero-order valence-electron chi connectivity index (χ0n) is 12.4. The van der Waals surface area contributed by atoms with Crippen LogP contribution in [0.15, 0.2) is 28.7 Å². The number of hydrogen-bond donors (Lipinski definition) is 2. The molecule has 3 nitrogen and oxygen atoms in total. The molecule has 0 atom stereocenters. The van der Waals surface area contributed by atoms with Crippen LogP contribution in [0.3, 0.4) is 0 Å². The van der Waals surface area contributed by atoms with E-state index >= 15 is 0 Å². The number of aliphatic hydroxyl groups excluding tert-OH is 1. The van der Waals surface area contributed by atoms with Crippen molar-refractivity contribution in [3.05, 3.63) is 39.9 Å². The van der Waals surface area contributed by atoms with Crippen LogP contribution in [0.4, 0.5) is 0 Å². The van der Waals surface area contributed by atoms with E-state index in [1.165, 1.54) is 5.56 Å². The van der Waals surface area contributed by atoms with Gasteiger partial charge in [-0.1, -0.05) is 40.9 Å². The van der Waals surface area contributed by atoms with Crippen LogP contribution in [0, 0.1) is 12.3 Å². The second-order valence-corrected chi connectivity index (χ2v) is 6.80. The third-order valence-corrected chi connectivity index (χ3v) is 4.89. The Morgan fingerprint density at radius 1 is 1.43 bits per heavy atom. The molecule has 1 aliphatic carbocycles. The molecule has 1 fully saturated rings. The van der Waals surface area contributed by atoms with Crippen molar-refractivity contribution in [2.75, 3.05) is 13.2 Å². The monoisotopic (exact) mass is 351 g/mol. The Balaban J connectivity index is 1.90. The number of benzene rings is 1. The van der Waals surface area contributed by atoms with E-state index in [0.717, 1.165) is 35.7 Å². The fourth-order valence-corrected chi connectivity index (χ4v) is 3.41. The molecule has 2 N–H and O–H groups in total. The second kappa shape index (κ2) is 7.23. The minimum absolute atomic E-state index is 0.103. The first-order chi connectivity index (χ1) is 10.0. The molecule has 0 aliphatic heterocycles. The third-order valence-electron chi connectivity index (χ3n) is 4.21. The molecule has 1 saturated carbocycles. The summed E-state index contributed by atoms with van der Waals surface area (Å²) in [6.07, 6.45) is 7.63. The van der Waals surface area contributed by atoms with Gasteiger partial charge in [0, 0.05) is 22.5 Å². The van der Waals surface area contributed by atoms with Crippen molar-refractivity contribution in [3.8, 4) is 0 Å². The van der Waals surface area contributed by atoms with Gasteiger partial charge in [-0.25, -0.2) is 0 Å². The zero-order chi connectivity index (χ0) is 15.3. The van der Waals surface area contributed by atoms with Crippen molar-refractivity contribution >= 4 is 27.9 Å². The number of rotatable bonds is 5.